The number of anilines is 1. The minimum absolute atomic E-state index is 0.00615. The molecule has 0 bridgehead atoms. The summed E-state index contributed by atoms with van der Waals surface area (Å²) in [4.78, 5) is 33.2. The number of nitrogens with zero attached hydrogens (tertiary/aromatic N) is 3. The fourth-order valence-electron chi connectivity index (χ4n) is 2.55. The first kappa shape index (κ1) is 17.3. The molecule has 25 heavy (non-hydrogen) atoms. The third-order valence-corrected chi connectivity index (χ3v) is 3.93. The van der Waals surface area contributed by atoms with E-state index in [1.165, 1.54) is 17.8 Å². The molecular weight excluding hydrogens is 338 g/mol. The maximum atomic E-state index is 12.1. The van der Waals surface area contributed by atoms with Gasteiger partial charge in [0, 0.05) is 0 Å². The number of ether oxygens (including phenoxy) is 1. The lowest BCUT2D eigenvalue weighted by Gasteiger charge is -2.17. The van der Waals surface area contributed by atoms with Crippen LogP contribution in [0.3, 0.4) is 0 Å². The Morgan fingerprint density at radius 1 is 1.52 bits per heavy atom. The molecule has 1 unspecified atom stereocenters. The van der Waals surface area contributed by atoms with Gasteiger partial charge in [-0.25, -0.2) is 4.98 Å². The van der Waals surface area contributed by atoms with Gasteiger partial charge < -0.3 is 35.3 Å². The van der Waals surface area contributed by atoms with Crippen LogP contribution in [0.1, 0.15) is 13.2 Å². The van der Waals surface area contributed by atoms with Crippen LogP contribution in [0.5, 0.6) is 0 Å². The molecule has 0 aliphatic carbocycles. The molecule has 1 saturated heterocycles. The highest BCUT2D eigenvalue weighted by Gasteiger charge is 2.44. The molecule has 12 heteroatoms. The van der Waals surface area contributed by atoms with Crippen LogP contribution >= 0.6 is 0 Å². The highest BCUT2D eigenvalue weighted by Crippen LogP contribution is 2.30. The monoisotopic (exact) mass is 354 g/mol. The van der Waals surface area contributed by atoms with E-state index in [9.17, 15) is 24.9 Å². The van der Waals surface area contributed by atoms with E-state index in [1.807, 2.05) is 0 Å². The number of rotatable bonds is 5. The van der Waals surface area contributed by atoms with Crippen LogP contribution in [0.15, 0.2) is 11.1 Å². The van der Waals surface area contributed by atoms with Crippen molar-refractivity contribution in [2.45, 2.75) is 37.5 Å². The van der Waals surface area contributed by atoms with Crippen molar-refractivity contribution in [1.29, 1.82) is 0 Å². The minimum atomic E-state index is -1.39. The van der Waals surface area contributed by atoms with Gasteiger partial charge in [-0.15, -0.1) is 0 Å². The number of aromatic nitrogens is 4. The zero-order valence-electron chi connectivity index (χ0n) is 13.0. The maximum Gasteiger partial charge on any atom is 0.280 e. The average Bonchev–Trinajstić information content (AvgIpc) is 3.10. The summed E-state index contributed by atoms with van der Waals surface area (Å²) in [6.07, 6.45) is -3.65. The number of hydrogen-bond acceptors (Lipinski definition) is 10. The molecule has 2 aromatic rings. The topological polar surface area (TPSA) is 186 Å². The van der Waals surface area contributed by atoms with Crippen molar-refractivity contribution in [3.05, 3.63) is 16.7 Å². The van der Waals surface area contributed by atoms with Crippen LogP contribution in [-0.4, -0.2) is 71.8 Å². The Hall–Kier alpha value is -2.54. The standard InChI is InChI=1S/C13H17N5O7/c1-4(12(23)24)15-13-16-9-6(10(22)17-13)14-3-18(9)11-8(21)7(20)5(2-19)25-11/h3-5,7-8,11,19-21H,2H2,1H3,(H,23,24)(H2,15,16,17,22)/p-1/t4?,5-,7-,8-,11-/m1/s1. The Balaban J connectivity index is 2.01. The molecule has 5 atom stereocenters. The Bertz CT molecular complexity index is 849. The van der Waals surface area contributed by atoms with Crippen molar-refractivity contribution in [1.82, 2.24) is 19.5 Å². The molecule has 3 heterocycles. The van der Waals surface area contributed by atoms with Crippen molar-refractivity contribution < 1.29 is 30.0 Å². The lowest BCUT2D eigenvalue weighted by molar-refractivity contribution is -0.306. The van der Waals surface area contributed by atoms with Crippen LogP contribution in [0.4, 0.5) is 5.95 Å². The smallest absolute Gasteiger partial charge is 0.280 e. The molecule has 0 aromatic carbocycles. The largest absolute Gasteiger partial charge is 0.548 e. The molecular formula is C13H16N5O7-. The van der Waals surface area contributed by atoms with Crippen molar-refractivity contribution in [3.8, 4) is 0 Å². The first-order chi connectivity index (χ1) is 11.8. The van der Waals surface area contributed by atoms with Crippen LogP contribution in [0.2, 0.25) is 0 Å². The highest BCUT2D eigenvalue weighted by molar-refractivity contribution is 5.75. The summed E-state index contributed by atoms with van der Waals surface area (Å²) in [6.45, 7) is 0.800. The number of imidazole rings is 1. The maximum absolute atomic E-state index is 12.1. The average molecular weight is 354 g/mol. The number of H-pyrrole nitrogens is 1. The van der Waals surface area contributed by atoms with E-state index < -0.39 is 48.7 Å². The summed E-state index contributed by atoms with van der Waals surface area (Å²) in [5.41, 5.74) is -0.695. The molecule has 136 valence electrons. The number of nitrogens with one attached hydrogen (secondary N) is 2. The Morgan fingerprint density at radius 3 is 2.84 bits per heavy atom. The summed E-state index contributed by atoms with van der Waals surface area (Å²) >= 11 is 0. The number of fused-ring (bicyclic) bond motifs is 1. The van der Waals surface area contributed by atoms with Gasteiger partial charge in [-0.3, -0.25) is 14.3 Å². The van der Waals surface area contributed by atoms with E-state index in [1.54, 1.807) is 0 Å². The molecule has 1 aliphatic heterocycles. The number of aliphatic hydroxyl groups excluding tert-OH is 3. The van der Waals surface area contributed by atoms with Crippen LogP contribution < -0.4 is 16.0 Å². The van der Waals surface area contributed by atoms with Gasteiger partial charge in [-0.2, -0.15) is 4.98 Å². The summed E-state index contributed by atoms with van der Waals surface area (Å²) in [7, 11) is 0. The second kappa shape index (κ2) is 6.40. The third-order valence-electron chi connectivity index (χ3n) is 3.93. The zero-order chi connectivity index (χ0) is 18.3. The number of aliphatic carboxylic acids is 1. The third kappa shape index (κ3) is 2.95. The van der Waals surface area contributed by atoms with Crippen molar-refractivity contribution in [3.63, 3.8) is 0 Å². The molecule has 0 spiro atoms. The van der Waals surface area contributed by atoms with Gasteiger partial charge in [0.25, 0.3) is 5.56 Å². The Labute approximate surface area is 139 Å². The normalized spacial score (nSPS) is 27.5. The van der Waals surface area contributed by atoms with Crippen LogP contribution in [0.25, 0.3) is 11.2 Å². The number of carboxylic acids is 1. The number of aliphatic hydroxyl groups is 3. The summed E-state index contributed by atoms with van der Waals surface area (Å²) in [6, 6.07) is -1.12. The fourth-order valence-corrected chi connectivity index (χ4v) is 2.55. The van der Waals surface area contributed by atoms with Crippen molar-refractivity contribution in [2.75, 3.05) is 11.9 Å². The lowest BCUT2D eigenvalue weighted by atomic mass is 10.1. The number of carboxylic acid groups (broad SMARTS) is 1. The van der Waals surface area contributed by atoms with Crippen LogP contribution in [0, 0.1) is 0 Å². The first-order valence-corrected chi connectivity index (χ1v) is 7.40. The van der Waals surface area contributed by atoms with Gasteiger partial charge in [0.2, 0.25) is 5.95 Å². The van der Waals surface area contributed by atoms with E-state index in [0.29, 0.717) is 0 Å². The molecule has 12 nitrogen and oxygen atoms in total. The number of hydrogen-bond donors (Lipinski definition) is 5. The van der Waals surface area contributed by atoms with E-state index in [2.05, 4.69) is 20.3 Å². The Morgan fingerprint density at radius 2 is 2.24 bits per heavy atom. The second-order valence-corrected chi connectivity index (χ2v) is 5.65. The van der Waals surface area contributed by atoms with E-state index >= 15 is 0 Å². The van der Waals surface area contributed by atoms with Crippen molar-refractivity contribution in [2.24, 2.45) is 0 Å². The molecule has 0 saturated carbocycles. The predicted octanol–water partition coefficient (Wildman–Crippen LogP) is -3.72. The number of carbonyl (C=O) groups is 1. The number of carbonyl (C=O) groups excluding carboxylic acids is 1. The molecule has 3 rings (SSSR count). The molecule has 1 fully saturated rings. The van der Waals surface area contributed by atoms with E-state index in [4.69, 9.17) is 9.84 Å². The molecule has 2 aromatic heterocycles. The minimum Gasteiger partial charge on any atom is -0.548 e. The SMILES string of the molecule is CC(Nc1nc2c(ncn2[C@@H]2O[C@H](CO)[C@@H](O)[C@H]2O)c(=O)[nH]1)C(=O)[O-]. The highest BCUT2D eigenvalue weighted by atomic mass is 16.6. The van der Waals surface area contributed by atoms with E-state index in [-0.39, 0.29) is 17.1 Å². The summed E-state index contributed by atoms with van der Waals surface area (Å²) in [5.74, 6) is -1.53. The van der Waals surface area contributed by atoms with Gasteiger partial charge in [0.15, 0.2) is 17.4 Å². The molecule has 0 radical (unpaired) electrons. The van der Waals surface area contributed by atoms with Gasteiger partial charge in [0.1, 0.15) is 18.3 Å². The summed E-state index contributed by atoms with van der Waals surface area (Å²) in [5, 5.41) is 42.4. The van der Waals surface area contributed by atoms with Gasteiger partial charge in [-0.05, 0) is 6.92 Å². The van der Waals surface area contributed by atoms with Gasteiger partial charge >= 0.3 is 0 Å². The first-order valence-electron chi connectivity index (χ1n) is 7.40. The van der Waals surface area contributed by atoms with Gasteiger partial charge in [0.05, 0.1) is 24.9 Å². The predicted molar refractivity (Wildman–Crippen MR) is 79.2 cm³/mol. The van der Waals surface area contributed by atoms with Crippen molar-refractivity contribution >= 4 is 23.1 Å². The summed E-state index contributed by atoms with van der Waals surface area (Å²) < 4.78 is 6.61. The molecule has 5 N–H and O–H groups in total. The van der Waals surface area contributed by atoms with E-state index in [0.717, 1.165) is 0 Å². The van der Waals surface area contributed by atoms with Gasteiger partial charge in [-0.1, -0.05) is 0 Å². The number of aromatic amines is 1. The second-order valence-electron chi connectivity index (χ2n) is 5.65. The molecule has 0 amide bonds. The Kier molecular flexibility index (Phi) is 4.43. The zero-order valence-corrected chi connectivity index (χ0v) is 13.0. The van der Waals surface area contributed by atoms with Crippen LogP contribution in [-0.2, 0) is 9.53 Å². The lowest BCUT2D eigenvalue weighted by Crippen LogP contribution is -2.39. The molecule has 1 aliphatic rings. The quantitative estimate of drug-likeness (QED) is 0.357. The fraction of sp³-hybridized carbons (Fsp3) is 0.538.